The second kappa shape index (κ2) is 6.99. The van der Waals surface area contributed by atoms with Gasteiger partial charge in [0.2, 0.25) is 11.8 Å². The Morgan fingerprint density at radius 3 is 2.70 bits per heavy atom. The van der Waals surface area contributed by atoms with Crippen LogP contribution in [0.15, 0.2) is 0 Å². The van der Waals surface area contributed by atoms with Crippen LogP contribution in [0.4, 0.5) is 4.39 Å². The lowest BCUT2D eigenvalue weighted by Crippen LogP contribution is -2.50. The third kappa shape index (κ3) is 3.67. The highest BCUT2D eigenvalue weighted by Gasteiger charge is 2.39. The van der Waals surface area contributed by atoms with E-state index in [2.05, 4.69) is 5.32 Å². The number of likely N-dealkylation sites (tertiary alicyclic amines) is 1. The summed E-state index contributed by atoms with van der Waals surface area (Å²) in [6.07, 6.45) is -0.477. The topological polar surface area (TPSA) is 61.9 Å². The van der Waals surface area contributed by atoms with E-state index in [1.54, 1.807) is 16.8 Å². The zero-order valence-electron chi connectivity index (χ0n) is 11.8. The van der Waals surface area contributed by atoms with Gasteiger partial charge in [0.15, 0.2) is 0 Å². The fraction of sp³-hybridized carbons (Fsp3) is 0.846. The van der Waals surface area contributed by atoms with Gasteiger partial charge in [-0.2, -0.15) is 0 Å². The normalized spacial score (nSPS) is 27.6. The molecule has 0 spiro atoms. The van der Waals surface area contributed by atoms with Gasteiger partial charge in [0.1, 0.15) is 6.17 Å². The number of halogens is 1. The second-order valence-electron chi connectivity index (χ2n) is 5.20. The smallest absolute Gasteiger partial charge is 0.240 e. The molecule has 20 heavy (non-hydrogen) atoms. The molecule has 2 heterocycles. The van der Waals surface area contributed by atoms with Crippen LogP contribution < -0.4 is 5.32 Å². The van der Waals surface area contributed by atoms with Crippen molar-refractivity contribution in [2.75, 3.05) is 46.4 Å². The van der Waals surface area contributed by atoms with Crippen LogP contribution in [0.25, 0.3) is 0 Å². The lowest BCUT2D eigenvalue weighted by molar-refractivity contribution is -0.140. The van der Waals surface area contributed by atoms with Gasteiger partial charge in [0, 0.05) is 46.1 Å². The van der Waals surface area contributed by atoms with Gasteiger partial charge in [-0.3, -0.25) is 14.5 Å². The summed E-state index contributed by atoms with van der Waals surface area (Å²) in [6, 6.07) is -0.437. The molecule has 2 rings (SSSR count). The van der Waals surface area contributed by atoms with Gasteiger partial charge in [0.05, 0.1) is 19.3 Å². The van der Waals surface area contributed by atoms with Crippen LogP contribution >= 0.6 is 0 Å². The van der Waals surface area contributed by atoms with Gasteiger partial charge in [-0.1, -0.05) is 0 Å². The van der Waals surface area contributed by atoms with Crippen LogP contribution in [0.2, 0.25) is 0 Å². The first-order valence-electron chi connectivity index (χ1n) is 7.07. The average molecular weight is 287 g/mol. The molecule has 2 saturated heterocycles. The van der Waals surface area contributed by atoms with Gasteiger partial charge in [-0.05, 0) is 0 Å². The van der Waals surface area contributed by atoms with Crippen LogP contribution in [-0.4, -0.2) is 80.3 Å². The fourth-order valence-corrected chi connectivity index (χ4v) is 2.72. The lowest BCUT2D eigenvalue weighted by atomic mass is 10.1. The Morgan fingerprint density at radius 2 is 2.05 bits per heavy atom. The first-order valence-corrected chi connectivity index (χ1v) is 7.07. The van der Waals surface area contributed by atoms with E-state index in [0.29, 0.717) is 32.8 Å². The number of rotatable bonds is 4. The second-order valence-corrected chi connectivity index (χ2v) is 5.20. The number of morpholine rings is 1. The molecule has 7 heteroatoms. The van der Waals surface area contributed by atoms with Crippen molar-refractivity contribution in [3.05, 3.63) is 0 Å². The summed E-state index contributed by atoms with van der Waals surface area (Å²) in [6.45, 7) is 2.86. The molecule has 0 saturated carbocycles. The van der Waals surface area contributed by atoms with E-state index in [1.165, 1.54) is 0 Å². The Balaban J connectivity index is 1.92. The Hall–Kier alpha value is -1.21. The van der Waals surface area contributed by atoms with Gasteiger partial charge in [0.25, 0.3) is 0 Å². The molecule has 0 aromatic heterocycles. The van der Waals surface area contributed by atoms with E-state index in [-0.39, 0.29) is 31.2 Å². The minimum absolute atomic E-state index is 0.0367. The number of amides is 2. The van der Waals surface area contributed by atoms with E-state index in [0.717, 1.165) is 0 Å². The van der Waals surface area contributed by atoms with E-state index < -0.39 is 12.2 Å². The maximum absolute atomic E-state index is 13.6. The van der Waals surface area contributed by atoms with Gasteiger partial charge >= 0.3 is 0 Å². The van der Waals surface area contributed by atoms with Crippen LogP contribution in [-0.2, 0) is 14.3 Å². The number of carbonyl (C=O) groups excluding carboxylic acids is 2. The first kappa shape index (κ1) is 15.2. The summed E-state index contributed by atoms with van der Waals surface area (Å²) >= 11 is 0. The van der Waals surface area contributed by atoms with E-state index >= 15 is 0 Å². The summed E-state index contributed by atoms with van der Waals surface area (Å²) in [5.41, 5.74) is 0. The Labute approximate surface area is 118 Å². The van der Waals surface area contributed by atoms with E-state index in [9.17, 15) is 14.0 Å². The zero-order chi connectivity index (χ0) is 14.5. The van der Waals surface area contributed by atoms with Crippen LogP contribution in [0.3, 0.4) is 0 Å². The molecule has 2 aliphatic heterocycles. The standard InChI is InChI=1S/C13H22FN3O3/c1-15-12(18)2-3-17-9-10(14)8-11(17)13(19)16-4-6-20-7-5-16/h10-11H,2-9H2,1H3,(H,15,18)/t10-,11+/m1/s1. The monoisotopic (exact) mass is 287 g/mol. The molecule has 0 aliphatic carbocycles. The van der Waals surface area contributed by atoms with Crippen molar-refractivity contribution < 1.29 is 18.7 Å². The molecule has 0 aromatic rings. The molecular formula is C13H22FN3O3. The predicted octanol–water partition coefficient (Wildman–Crippen LogP) is -0.606. The molecule has 0 radical (unpaired) electrons. The van der Waals surface area contributed by atoms with Crippen LogP contribution in [0, 0.1) is 0 Å². The minimum atomic E-state index is -0.991. The third-order valence-corrected chi connectivity index (χ3v) is 3.87. The van der Waals surface area contributed by atoms with Crippen molar-refractivity contribution in [2.45, 2.75) is 25.1 Å². The maximum Gasteiger partial charge on any atom is 0.240 e. The number of nitrogens with zero attached hydrogens (tertiary/aromatic N) is 2. The lowest BCUT2D eigenvalue weighted by Gasteiger charge is -2.32. The Kier molecular flexibility index (Phi) is 5.31. The zero-order valence-corrected chi connectivity index (χ0v) is 11.8. The van der Waals surface area contributed by atoms with Crippen LogP contribution in [0.1, 0.15) is 12.8 Å². The van der Waals surface area contributed by atoms with E-state index in [4.69, 9.17) is 4.74 Å². The number of nitrogens with one attached hydrogen (secondary N) is 1. The van der Waals surface area contributed by atoms with Crippen molar-refractivity contribution in [3.8, 4) is 0 Å². The Morgan fingerprint density at radius 1 is 1.35 bits per heavy atom. The maximum atomic E-state index is 13.6. The van der Waals surface area contributed by atoms with E-state index in [1.807, 2.05) is 0 Å². The predicted molar refractivity (Wildman–Crippen MR) is 71.0 cm³/mol. The summed E-state index contributed by atoms with van der Waals surface area (Å²) < 4.78 is 18.8. The Bertz CT molecular complexity index is 361. The van der Waals surface area contributed by atoms with Crippen molar-refractivity contribution in [1.82, 2.24) is 15.1 Å². The summed E-state index contributed by atoms with van der Waals surface area (Å²) in [4.78, 5) is 27.2. The number of ether oxygens (including phenoxy) is 1. The summed E-state index contributed by atoms with van der Waals surface area (Å²) in [7, 11) is 1.57. The number of hydrogen-bond donors (Lipinski definition) is 1. The number of alkyl halides is 1. The highest BCUT2D eigenvalue weighted by atomic mass is 19.1. The SMILES string of the molecule is CNC(=O)CCN1C[C@H](F)C[C@H]1C(=O)N1CCOCC1. The largest absolute Gasteiger partial charge is 0.378 e. The highest BCUT2D eigenvalue weighted by Crippen LogP contribution is 2.22. The highest BCUT2D eigenvalue weighted by molar-refractivity contribution is 5.82. The van der Waals surface area contributed by atoms with Gasteiger partial charge in [-0.25, -0.2) is 4.39 Å². The molecule has 0 aromatic carbocycles. The van der Waals surface area contributed by atoms with Gasteiger partial charge in [-0.15, -0.1) is 0 Å². The first-order chi connectivity index (χ1) is 9.61. The van der Waals surface area contributed by atoms with Gasteiger partial charge < -0.3 is 15.0 Å². The van der Waals surface area contributed by atoms with Crippen LogP contribution in [0.5, 0.6) is 0 Å². The molecule has 2 amide bonds. The van der Waals surface area contributed by atoms with Crippen molar-refractivity contribution in [1.29, 1.82) is 0 Å². The average Bonchev–Trinajstić information content (AvgIpc) is 2.85. The molecule has 1 N–H and O–H groups in total. The summed E-state index contributed by atoms with van der Waals surface area (Å²) in [5, 5.41) is 2.54. The molecular weight excluding hydrogens is 265 g/mol. The number of carbonyl (C=O) groups is 2. The molecule has 6 nitrogen and oxygen atoms in total. The molecule has 0 unspecified atom stereocenters. The van der Waals surface area contributed by atoms with Crippen molar-refractivity contribution >= 4 is 11.8 Å². The third-order valence-electron chi connectivity index (χ3n) is 3.87. The number of hydrogen-bond acceptors (Lipinski definition) is 4. The quantitative estimate of drug-likeness (QED) is 0.749. The molecule has 2 atom stereocenters. The summed E-state index contributed by atoms with van der Waals surface area (Å²) in [5.74, 6) is -0.129. The van der Waals surface area contributed by atoms with Crippen molar-refractivity contribution in [3.63, 3.8) is 0 Å². The fourth-order valence-electron chi connectivity index (χ4n) is 2.72. The molecule has 2 aliphatic rings. The van der Waals surface area contributed by atoms with Crippen molar-refractivity contribution in [2.24, 2.45) is 0 Å². The molecule has 114 valence electrons. The minimum Gasteiger partial charge on any atom is -0.378 e. The molecule has 2 fully saturated rings. The molecule has 0 bridgehead atoms.